The molecule has 0 aliphatic carbocycles. The van der Waals surface area contributed by atoms with Crippen molar-refractivity contribution in [3.8, 4) is 0 Å². The van der Waals surface area contributed by atoms with E-state index in [0.29, 0.717) is 0 Å². The van der Waals surface area contributed by atoms with Crippen LogP contribution in [0.5, 0.6) is 0 Å². The number of hydrogen-bond acceptors (Lipinski definition) is 3. The highest BCUT2D eigenvalue weighted by atomic mass is 32.2. The van der Waals surface area contributed by atoms with E-state index in [1.54, 1.807) is 19.6 Å². The van der Waals surface area contributed by atoms with Crippen molar-refractivity contribution < 1.29 is 44.3 Å². The van der Waals surface area contributed by atoms with E-state index in [0.717, 1.165) is 7.11 Å². The van der Waals surface area contributed by atoms with Crippen molar-refractivity contribution in [2.45, 2.75) is 60.9 Å². The van der Waals surface area contributed by atoms with E-state index in [4.69, 9.17) is 9.16 Å². The topological polar surface area (TPSA) is 18.5 Å². The lowest BCUT2D eigenvalue weighted by Crippen LogP contribution is -2.61. The van der Waals surface area contributed by atoms with Gasteiger partial charge in [0.25, 0.3) is 0 Å². The van der Waals surface area contributed by atoms with Gasteiger partial charge in [-0.15, -0.1) is 11.8 Å². The molecule has 0 spiro atoms. The summed E-state index contributed by atoms with van der Waals surface area (Å²) in [6, 6.07) is 0. The zero-order chi connectivity index (χ0) is 19.8. The number of methoxy groups -OCH3 is 1. The van der Waals surface area contributed by atoms with Crippen LogP contribution in [0.4, 0.5) is 35.1 Å². The van der Waals surface area contributed by atoms with Crippen molar-refractivity contribution >= 4 is 20.1 Å². The minimum absolute atomic E-state index is 0.106. The Kier molecular flexibility index (Phi) is 6.55. The Morgan fingerprint density at radius 1 is 1.12 bits per heavy atom. The minimum Gasteiger partial charge on any atom is -0.547 e. The monoisotopic (exact) mass is 418 g/mol. The molecule has 2 unspecified atom stereocenters. The predicted molar refractivity (Wildman–Crippen MR) is 80.2 cm³/mol. The molecule has 0 saturated carbocycles. The normalized spacial score (nSPS) is 23.6. The molecule has 0 aromatic rings. The summed E-state index contributed by atoms with van der Waals surface area (Å²) >= 11 is 0.151. The van der Waals surface area contributed by atoms with Gasteiger partial charge < -0.3 is 9.16 Å². The summed E-state index contributed by atoms with van der Waals surface area (Å²) in [6.07, 6.45) is -4.47. The molecule has 2 nitrogen and oxygen atoms in total. The van der Waals surface area contributed by atoms with Gasteiger partial charge in [0.1, 0.15) is 5.44 Å². The summed E-state index contributed by atoms with van der Waals surface area (Å²) in [4.78, 5) is 0. The lowest BCUT2D eigenvalue weighted by atomic mass is 9.99. The average Bonchev–Trinajstić information content (AvgIpc) is 2.44. The Balaban J connectivity index is 3.18. The van der Waals surface area contributed by atoms with Crippen LogP contribution < -0.4 is 0 Å². The summed E-state index contributed by atoms with van der Waals surface area (Å²) in [7, 11) is -1.21. The van der Waals surface area contributed by atoms with Gasteiger partial charge in [-0.1, -0.05) is 0 Å². The van der Waals surface area contributed by atoms with E-state index in [1.807, 2.05) is 0 Å². The first-order valence-corrected chi connectivity index (χ1v) is 11.4. The molecule has 0 saturated heterocycles. The van der Waals surface area contributed by atoms with Crippen LogP contribution in [0, 0.1) is 0 Å². The van der Waals surface area contributed by atoms with Crippen LogP contribution in [-0.2, 0) is 9.16 Å². The average molecular weight is 418 g/mol. The third-order valence-corrected chi connectivity index (χ3v) is 5.45. The van der Waals surface area contributed by atoms with E-state index in [1.165, 1.54) is 6.08 Å². The zero-order valence-corrected chi connectivity index (χ0v) is 15.6. The highest BCUT2D eigenvalue weighted by molar-refractivity contribution is 8.00. The fourth-order valence-corrected chi connectivity index (χ4v) is 4.20. The standard InChI is InChI=1S/C13H18F8O2SSi/c1-22-9-6-7(23-25(2,3)4)5-8(24-9)11(16,17)13(20,21)12(18,19)10(14)15/h6,8-10H,5H2,1-4H3. The second-order valence-corrected chi connectivity index (χ2v) is 12.1. The Morgan fingerprint density at radius 3 is 2.04 bits per heavy atom. The first kappa shape index (κ1) is 22.5. The van der Waals surface area contributed by atoms with Gasteiger partial charge in [-0.25, -0.2) is 8.78 Å². The van der Waals surface area contributed by atoms with Crippen molar-refractivity contribution in [2.75, 3.05) is 7.11 Å². The zero-order valence-electron chi connectivity index (χ0n) is 13.8. The second-order valence-electron chi connectivity index (χ2n) is 6.40. The van der Waals surface area contributed by atoms with Crippen LogP contribution >= 0.6 is 11.8 Å². The van der Waals surface area contributed by atoms with Crippen molar-refractivity contribution in [3.63, 3.8) is 0 Å². The van der Waals surface area contributed by atoms with E-state index in [9.17, 15) is 35.1 Å². The summed E-state index contributed by atoms with van der Waals surface area (Å²) in [5, 5.41) is -2.42. The largest absolute Gasteiger partial charge is 0.547 e. The molecule has 1 aliphatic heterocycles. The van der Waals surface area contributed by atoms with Crippen LogP contribution in [0.3, 0.4) is 0 Å². The molecule has 0 amide bonds. The molecule has 148 valence electrons. The number of alkyl halides is 8. The number of ether oxygens (including phenoxy) is 1. The van der Waals surface area contributed by atoms with Gasteiger partial charge in [0.2, 0.25) is 8.32 Å². The van der Waals surface area contributed by atoms with Gasteiger partial charge in [-0.3, -0.25) is 0 Å². The molecule has 1 rings (SSSR count). The summed E-state index contributed by atoms with van der Waals surface area (Å²) < 4.78 is 116. The molecule has 0 fully saturated rings. The third-order valence-electron chi connectivity index (χ3n) is 3.19. The molecular formula is C13H18F8O2SSi. The van der Waals surface area contributed by atoms with Gasteiger partial charge in [0.15, 0.2) is 0 Å². The van der Waals surface area contributed by atoms with Crippen LogP contribution in [0.2, 0.25) is 19.6 Å². The molecule has 0 radical (unpaired) electrons. The van der Waals surface area contributed by atoms with Crippen molar-refractivity contribution in [2.24, 2.45) is 0 Å². The predicted octanol–water partition coefficient (Wildman–Crippen LogP) is 5.37. The lowest BCUT2D eigenvalue weighted by Gasteiger charge is -2.39. The number of halogens is 8. The SMILES string of the molecule is COC1C=C(O[Si](C)(C)C)CC(C(F)(F)C(F)(F)C(F)(F)C(F)F)S1. The van der Waals surface area contributed by atoms with E-state index >= 15 is 0 Å². The van der Waals surface area contributed by atoms with E-state index in [2.05, 4.69) is 0 Å². The summed E-state index contributed by atoms with van der Waals surface area (Å²) in [6.45, 7) is 5.10. The molecule has 2 atom stereocenters. The van der Waals surface area contributed by atoms with Crippen LogP contribution in [0.15, 0.2) is 11.8 Å². The number of allylic oxidation sites excluding steroid dienone is 1. The molecule has 0 bridgehead atoms. The van der Waals surface area contributed by atoms with E-state index in [-0.39, 0.29) is 17.5 Å². The maximum absolute atomic E-state index is 14.1. The molecule has 0 aromatic heterocycles. The van der Waals surface area contributed by atoms with Crippen molar-refractivity contribution in [3.05, 3.63) is 11.8 Å². The molecule has 0 N–H and O–H groups in total. The summed E-state index contributed by atoms with van der Waals surface area (Å²) in [5.41, 5.74) is -1.16. The first-order chi connectivity index (χ1) is 11.1. The maximum Gasteiger partial charge on any atom is 0.379 e. The van der Waals surface area contributed by atoms with Crippen molar-refractivity contribution in [1.29, 1.82) is 0 Å². The highest BCUT2D eigenvalue weighted by Crippen LogP contribution is 2.54. The summed E-state index contributed by atoms with van der Waals surface area (Å²) in [5.74, 6) is -18.0. The Hall–Kier alpha value is -0.493. The molecule has 12 heteroatoms. The Labute approximate surface area is 145 Å². The van der Waals surface area contributed by atoms with Crippen LogP contribution in [0.25, 0.3) is 0 Å². The first-order valence-electron chi connectivity index (χ1n) is 7.06. The van der Waals surface area contributed by atoms with Crippen molar-refractivity contribution in [1.82, 2.24) is 0 Å². The lowest BCUT2D eigenvalue weighted by molar-refractivity contribution is -0.337. The van der Waals surface area contributed by atoms with Crippen LogP contribution in [0.1, 0.15) is 6.42 Å². The quantitative estimate of drug-likeness (QED) is 0.409. The fourth-order valence-electron chi connectivity index (χ4n) is 2.02. The van der Waals surface area contributed by atoms with Gasteiger partial charge in [0.05, 0.1) is 11.0 Å². The number of thioether (sulfide) groups is 1. The minimum atomic E-state index is -6.24. The Bertz CT molecular complexity index is 507. The smallest absolute Gasteiger partial charge is 0.379 e. The Morgan fingerprint density at radius 2 is 1.64 bits per heavy atom. The van der Waals surface area contributed by atoms with Gasteiger partial charge >= 0.3 is 24.2 Å². The van der Waals surface area contributed by atoms with E-state index < -0.39 is 49.6 Å². The number of hydrogen-bond donors (Lipinski definition) is 0. The van der Waals surface area contributed by atoms with Gasteiger partial charge in [0, 0.05) is 13.5 Å². The fraction of sp³-hybridized carbons (Fsp3) is 0.846. The van der Waals surface area contributed by atoms with Gasteiger partial charge in [-0.05, 0) is 25.7 Å². The third kappa shape index (κ3) is 4.62. The van der Waals surface area contributed by atoms with Gasteiger partial charge in [-0.2, -0.15) is 26.3 Å². The molecule has 0 aromatic carbocycles. The molecular weight excluding hydrogens is 400 g/mol. The molecule has 25 heavy (non-hydrogen) atoms. The highest BCUT2D eigenvalue weighted by Gasteiger charge is 2.77. The molecule has 1 aliphatic rings. The molecule has 1 heterocycles. The second kappa shape index (κ2) is 7.26. The number of rotatable bonds is 7. The van der Waals surface area contributed by atoms with Crippen LogP contribution in [-0.4, -0.2) is 50.3 Å². The maximum atomic E-state index is 14.1.